The van der Waals surface area contributed by atoms with Crippen LogP contribution in [0.25, 0.3) is 0 Å². The van der Waals surface area contributed by atoms with Crippen molar-refractivity contribution >= 4 is 17.7 Å². The summed E-state index contributed by atoms with van der Waals surface area (Å²) in [5, 5.41) is 11.6. The van der Waals surface area contributed by atoms with Crippen molar-refractivity contribution in [3.8, 4) is 0 Å². The Kier molecular flexibility index (Phi) is 5.19. The zero-order chi connectivity index (χ0) is 17.0. The summed E-state index contributed by atoms with van der Waals surface area (Å²) in [5.74, 6) is -1.56. The van der Waals surface area contributed by atoms with E-state index in [4.69, 9.17) is 5.11 Å². The third kappa shape index (κ3) is 3.97. The number of carbonyl (C=O) groups is 3. The molecule has 1 aliphatic carbocycles. The third-order valence-electron chi connectivity index (χ3n) is 4.59. The number of fused-ring (bicyclic) bond motifs is 1. The topological polar surface area (TPSA) is 83.5 Å². The molecule has 1 aromatic carbocycles. The smallest absolute Gasteiger partial charge is 0.329 e. The van der Waals surface area contributed by atoms with Gasteiger partial charge in [-0.1, -0.05) is 19.1 Å². The number of aryl methyl sites for hydroxylation is 2. The fourth-order valence-corrected chi connectivity index (χ4v) is 2.78. The second-order valence-electron chi connectivity index (χ2n) is 6.30. The van der Waals surface area contributed by atoms with Crippen molar-refractivity contribution in [3.05, 3.63) is 34.9 Å². The minimum absolute atomic E-state index is 0.00120. The molecule has 5 nitrogen and oxygen atoms in total. The van der Waals surface area contributed by atoms with E-state index in [0.29, 0.717) is 5.56 Å². The average molecular weight is 317 g/mol. The van der Waals surface area contributed by atoms with Crippen molar-refractivity contribution in [2.45, 2.75) is 57.9 Å². The van der Waals surface area contributed by atoms with Crippen molar-refractivity contribution in [2.24, 2.45) is 0 Å². The number of aliphatic carboxylic acids is 1. The van der Waals surface area contributed by atoms with Crippen molar-refractivity contribution < 1.29 is 19.5 Å². The Morgan fingerprint density at radius 1 is 1.17 bits per heavy atom. The highest BCUT2D eigenvalue weighted by atomic mass is 16.4. The van der Waals surface area contributed by atoms with E-state index in [1.807, 2.05) is 18.2 Å². The highest BCUT2D eigenvalue weighted by Gasteiger charge is 2.32. The number of rotatable bonds is 7. The summed E-state index contributed by atoms with van der Waals surface area (Å²) in [7, 11) is 0. The Labute approximate surface area is 136 Å². The van der Waals surface area contributed by atoms with Crippen LogP contribution in [-0.4, -0.2) is 28.3 Å². The molecule has 0 radical (unpaired) electrons. The molecule has 0 heterocycles. The van der Waals surface area contributed by atoms with Crippen LogP contribution in [0, 0.1) is 0 Å². The zero-order valence-electron chi connectivity index (χ0n) is 13.6. The van der Waals surface area contributed by atoms with Gasteiger partial charge in [-0.15, -0.1) is 0 Å². The molecule has 0 saturated carbocycles. The van der Waals surface area contributed by atoms with Gasteiger partial charge >= 0.3 is 5.97 Å². The molecule has 2 N–H and O–H groups in total. The molecular weight excluding hydrogens is 294 g/mol. The number of hydrogen-bond donors (Lipinski definition) is 2. The molecule has 0 spiro atoms. The molecule has 0 aromatic heterocycles. The minimum atomic E-state index is -1.28. The highest BCUT2D eigenvalue weighted by Crippen LogP contribution is 2.23. The summed E-state index contributed by atoms with van der Waals surface area (Å²) < 4.78 is 0. The molecule has 1 unspecified atom stereocenters. The lowest BCUT2D eigenvalue weighted by atomic mass is 9.98. The Bertz CT molecular complexity index is 638. The van der Waals surface area contributed by atoms with Crippen LogP contribution in [0.4, 0.5) is 0 Å². The molecular formula is C18H23NO4. The van der Waals surface area contributed by atoms with Crippen molar-refractivity contribution in [2.75, 3.05) is 0 Å². The average Bonchev–Trinajstić information content (AvgIpc) is 2.99. The molecule has 1 aliphatic rings. The number of Topliss-reactive ketones (excluding diaryl/α,β-unsaturated/α-hetero) is 1. The van der Waals surface area contributed by atoms with Crippen LogP contribution in [-0.2, 0) is 22.4 Å². The standard InChI is InChI=1S/C18H23NO4/c1-3-18(2,17(22)23)19-16(21)10-9-15(20)14-8-7-12-5-4-6-13(12)11-14/h7-8,11H,3-6,9-10H2,1-2H3,(H,19,21)(H,22,23). The summed E-state index contributed by atoms with van der Waals surface area (Å²) >= 11 is 0. The fraction of sp³-hybridized carbons (Fsp3) is 0.500. The maximum absolute atomic E-state index is 12.2. The maximum atomic E-state index is 12.2. The number of benzene rings is 1. The van der Waals surface area contributed by atoms with E-state index in [0.717, 1.165) is 19.3 Å². The van der Waals surface area contributed by atoms with Crippen LogP contribution in [0.5, 0.6) is 0 Å². The minimum Gasteiger partial charge on any atom is -0.480 e. The first-order valence-electron chi connectivity index (χ1n) is 8.05. The van der Waals surface area contributed by atoms with Gasteiger partial charge in [0.2, 0.25) is 5.91 Å². The number of carbonyl (C=O) groups excluding carboxylic acids is 2. The molecule has 1 atom stereocenters. The summed E-state index contributed by atoms with van der Waals surface area (Å²) in [4.78, 5) is 35.3. The van der Waals surface area contributed by atoms with Crippen LogP contribution in [0.3, 0.4) is 0 Å². The quantitative estimate of drug-likeness (QED) is 0.757. The van der Waals surface area contributed by atoms with Crippen LogP contribution < -0.4 is 5.32 Å². The van der Waals surface area contributed by atoms with Gasteiger partial charge in [0.25, 0.3) is 0 Å². The van der Waals surface area contributed by atoms with E-state index in [9.17, 15) is 14.4 Å². The maximum Gasteiger partial charge on any atom is 0.329 e. The van der Waals surface area contributed by atoms with Gasteiger partial charge in [0.1, 0.15) is 5.54 Å². The number of hydrogen-bond acceptors (Lipinski definition) is 3. The highest BCUT2D eigenvalue weighted by molar-refractivity contribution is 5.98. The first kappa shape index (κ1) is 17.2. The Morgan fingerprint density at radius 2 is 1.87 bits per heavy atom. The van der Waals surface area contributed by atoms with E-state index in [2.05, 4.69) is 5.32 Å². The van der Waals surface area contributed by atoms with E-state index in [-0.39, 0.29) is 25.0 Å². The molecule has 0 saturated heterocycles. The van der Waals surface area contributed by atoms with Gasteiger partial charge in [-0.3, -0.25) is 9.59 Å². The number of nitrogens with one attached hydrogen (secondary N) is 1. The van der Waals surface area contributed by atoms with Gasteiger partial charge in [-0.2, -0.15) is 0 Å². The molecule has 2 rings (SSSR count). The fourth-order valence-electron chi connectivity index (χ4n) is 2.78. The molecule has 0 bridgehead atoms. The number of carboxylic acid groups (broad SMARTS) is 1. The van der Waals surface area contributed by atoms with Crippen LogP contribution in [0.1, 0.15) is 61.0 Å². The number of amides is 1. The Morgan fingerprint density at radius 3 is 2.52 bits per heavy atom. The SMILES string of the molecule is CCC(C)(NC(=O)CCC(=O)c1ccc2c(c1)CCC2)C(=O)O. The van der Waals surface area contributed by atoms with Gasteiger partial charge in [-0.05, 0) is 49.8 Å². The number of carboxylic acids is 1. The lowest BCUT2D eigenvalue weighted by Gasteiger charge is -2.24. The predicted octanol–water partition coefficient (Wildman–Crippen LogP) is 2.51. The second-order valence-corrected chi connectivity index (χ2v) is 6.30. The third-order valence-corrected chi connectivity index (χ3v) is 4.59. The monoisotopic (exact) mass is 317 g/mol. The largest absolute Gasteiger partial charge is 0.480 e. The van der Waals surface area contributed by atoms with Crippen LogP contribution in [0.2, 0.25) is 0 Å². The summed E-state index contributed by atoms with van der Waals surface area (Å²) in [6.07, 6.45) is 3.57. The summed E-state index contributed by atoms with van der Waals surface area (Å²) in [6.45, 7) is 3.17. The van der Waals surface area contributed by atoms with Crippen LogP contribution >= 0.6 is 0 Å². The molecule has 1 aromatic rings. The van der Waals surface area contributed by atoms with Gasteiger partial charge < -0.3 is 10.4 Å². The summed E-state index contributed by atoms with van der Waals surface area (Å²) in [6, 6.07) is 5.74. The van der Waals surface area contributed by atoms with Gasteiger partial charge in [0.05, 0.1) is 0 Å². The lowest BCUT2D eigenvalue weighted by molar-refractivity contribution is -0.147. The normalized spacial score (nSPS) is 15.6. The Hall–Kier alpha value is -2.17. The molecule has 124 valence electrons. The van der Waals surface area contributed by atoms with E-state index >= 15 is 0 Å². The number of ketones is 1. The first-order valence-corrected chi connectivity index (χ1v) is 8.05. The van der Waals surface area contributed by atoms with Gasteiger partial charge in [0, 0.05) is 18.4 Å². The second kappa shape index (κ2) is 6.94. The van der Waals surface area contributed by atoms with Gasteiger partial charge in [0.15, 0.2) is 5.78 Å². The van der Waals surface area contributed by atoms with E-state index < -0.39 is 17.4 Å². The van der Waals surface area contributed by atoms with Crippen LogP contribution in [0.15, 0.2) is 18.2 Å². The molecule has 0 fully saturated rings. The van der Waals surface area contributed by atoms with Crippen molar-refractivity contribution in [1.29, 1.82) is 0 Å². The molecule has 0 aliphatic heterocycles. The first-order chi connectivity index (χ1) is 10.9. The predicted molar refractivity (Wildman–Crippen MR) is 86.5 cm³/mol. The summed E-state index contributed by atoms with van der Waals surface area (Å²) in [5.41, 5.74) is 1.88. The van der Waals surface area contributed by atoms with E-state index in [1.54, 1.807) is 6.92 Å². The molecule has 1 amide bonds. The Balaban J connectivity index is 1.91. The van der Waals surface area contributed by atoms with Crippen molar-refractivity contribution in [3.63, 3.8) is 0 Å². The lowest BCUT2D eigenvalue weighted by Crippen LogP contribution is -2.51. The van der Waals surface area contributed by atoms with E-state index in [1.165, 1.54) is 18.1 Å². The molecule has 23 heavy (non-hydrogen) atoms. The van der Waals surface area contributed by atoms with Gasteiger partial charge in [-0.25, -0.2) is 4.79 Å². The van der Waals surface area contributed by atoms with Crippen molar-refractivity contribution in [1.82, 2.24) is 5.32 Å². The zero-order valence-corrected chi connectivity index (χ0v) is 13.6. The molecule has 5 heteroatoms.